The van der Waals surface area contributed by atoms with Gasteiger partial charge in [-0.2, -0.15) is 0 Å². The van der Waals surface area contributed by atoms with E-state index in [1.807, 2.05) is 43.3 Å². The summed E-state index contributed by atoms with van der Waals surface area (Å²) in [5.74, 6) is 0.414. The lowest BCUT2D eigenvalue weighted by Crippen LogP contribution is -2.14. The third kappa shape index (κ3) is 6.75. The molecule has 0 fully saturated rings. The number of hydrogen-bond donors (Lipinski definition) is 3. The van der Waals surface area contributed by atoms with Crippen molar-refractivity contribution in [2.45, 2.75) is 98.9 Å². The van der Waals surface area contributed by atoms with Crippen LogP contribution >= 0.6 is 0 Å². The fourth-order valence-corrected chi connectivity index (χ4v) is 4.79. The lowest BCUT2D eigenvalue weighted by atomic mass is 9.84. The molecule has 4 rings (SSSR count). The van der Waals surface area contributed by atoms with Gasteiger partial charge >= 0.3 is 0 Å². The van der Waals surface area contributed by atoms with Crippen molar-refractivity contribution in [1.29, 1.82) is 0 Å². The van der Waals surface area contributed by atoms with Crippen LogP contribution in [0.4, 0.5) is 0 Å². The molecule has 0 saturated heterocycles. The molecule has 0 atom stereocenters. The van der Waals surface area contributed by atoms with Crippen LogP contribution in [0.3, 0.4) is 0 Å². The number of hydrogen-bond acceptors (Lipinski definition) is 6. The molecule has 39 heavy (non-hydrogen) atoms. The van der Waals surface area contributed by atoms with Gasteiger partial charge in [0.15, 0.2) is 0 Å². The van der Waals surface area contributed by atoms with E-state index in [4.69, 9.17) is 14.2 Å². The van der Waals surface area contributed by atoms with Gasteiger partial charge in [0.2, 0.25) is 0 Å². The van der Waals surface area contributed by atoms with Gasteiger partial charge in [-0.05, 0) is 53.1 Å². The maximum atomic E-state index is 11.1. The van der Waals surface area contributed by atoms with Crippen molar-refractivity contribution in [1.82, 2.24) is 0 Å². The molecule has 1 heterocycles. The van der Waals surface area contributed by atoms with Crippen molar-refractivity contribution in [3.05, 3.63) is 86.5 Å². The summed E-state index contributed by atoms with van der Waals surface area (Å²) in [5.41, 5.74) is 6.78. The first-order chi connectivity index (χ1) is 18.2. The van der Waals surface area contributed by atoms with Crippen LogP contribution in [0.2, 0.25) is 0 Å². The molecule has 210 valence electrons. The Morgan fingerprint density at radius 2 is 0.692 bits per heavy atom. The molecule has 0 spiro atoms. The molecule has 6 bridgehead atoms. The van der Waals surface area contributed by atoms with E-state index in [1.54, 1.807) is 0 Å². The van der Waals surface area contributed by atoms with E-state index in [-0.39, 0.29) is 67.7 Å². The van der Waals surface area contributed by atoms with Gasteiger partial charge < -0.3 is 29.5 Å². The predicted octanol–water partition coefficient (Wildman–Crippen LogP) is 7.17. The fraction of sp³-hybridized carbons (Fsp3) is 0.455. The van der Waals surface area contributed by atoms with Gasteiger partial charge in [-0.15, -0.1) is 0 Å². The minimum absolute atomic E-state index is 0.136. The number of phenols is 3. The van der Waals surface area contributed by atoms with Gasteiger partial charge in [-0.3, -0.25) is 0 Å². The molecule has 1 aliphatic rings. The van der Waals surface area contributed by atoms with E-state index >= 15 is 0 Å². The third-order valence-corrected chi connectivity index (χ3v) is 7.23. The quantitative estimate of drug-likeness (QED) is 0.283. The predicted molar refractivity (Wildman–Crippen MR) is 152 cm³/mol. The lowest BCUT2D eigenvalue weighted by Gasteiger charge is -2.24. The fourth-order valence-electron chi connectivity index (χ4n) is 4.79. The first-order valence-corrected chi connectivity index (χ1v) is 13.5. The van der Waals surface area contributed by atoms with Crippen LogP contribution in [-0.2, 0) is 64.7 Å². The average Bonchev–Trinajstić information content (AvgIpc) is 2.83. The molecule has 0 aromatic heterocycles. The minimum Gasteiger partial charge on any atom is -0.507 e. The zero-order valence-corrected chi connectivity index (χ0v) is 24.3. The molecular formula is C33H42O6. The molecule has 0 radical (unpaired) electrons. The highest BCUT2D eigenvalue weighted by Gasteiger charge is 2.22. The zero-order valence-electron chi connectivity index (χ0n) is 24.3. The summed E-state index contributed by atoms with van der Waals surface area (Å²) < 4.78 is 18.1. The van der Waals surface area contributed by atoms with Gasteiger partial charge in [0.25, 0.3) is 0 Å². The van der Waals surface area contributed by atoms with Gasteiger partial charge in [0.05, 0.1) is 39.6 Å². The van der Waals surface area contributed by atoms with Crippen LogP contribution in [0.15, 0.2) is 36.4 Å². The molecule has 0 unspecified atom stereocenters. The van der Waals surface area contributed by atoms with Gasteiger partial charge in [-0.1, -0.05) is 59.2 Å². The van der Waals surface area contributed by atoms with Crippen molar-refractivity contribution < 1.29 is 29.5 Å². The van der Waals surface area contributed by atoms with Gasteiger partial charge in [0, 0.05) is 33.4 Å². The second-order valence-electron chi connectivity index (χ2n) is 12.7. The summed E-state index contributed by atoms with van der Waals surface area (Å²) in [6.07, 6.45) is 0. The molecule has 3 aromatic rings. The van der Waals surface area contributed by atoms with Crippen LogP contribution in [-0.4, -0.2) is 15.3 Å². The lowest BCUT2D eigenvalue weighted by molar-refractivity contribution is 0.0928. The van der Waals surface area contributed by atoms with Crippen LogP contribution in [0.5, 0.6) is 17.2 Å². The van der Waals surface area contributed by atoms with Gasteiger partial charge in [0.1, 0.15) is 17.2 Å². The van der Waals surface area contributed by atoms with Crippen molar-refractivity contribution >= 4 is 0 Å². The Labute approximate surface area is 232 Å². The van der Waals surface area contributed by atoms with Crippen molar-refractivity contribution in [2.75, 3.05) is 0 Å². The number of fused-ring (bicyclic) bond motifs is 6. The molecule has 0 aliphatic carbocycles. The summed E-state index contributed by atoms with van der Waals surface area (Å²) in [6, 6.07) is 11.7. The minimum atomic E-state index is -0.147. The maximum absolute atomic E-state index is 11.1. The highest BCUT2D eigenvalue weighted by molar-refractivity contribution is 5.47. The van der Waals surface area contributed by atoms with E-state index in [1.165, 1.54) is 0 Å². The Bertz CT molecular complexity index is 1250. The summed E-state index contributed by atoms with van der Waals surface area (Å²) in [6.45, 7) is 15.8. The zero-order chi connectivity index (χ0) is 28.5. The topological polar surface area (TPSA) is 88.4 Å². The highest BCUT2D eigenvalue weighted by Crippen LogP contribution is 2.35. The summed E-state index contributed by atoms with van der Waals surface area (Å²) >= 11 is 0. The number of ether oxygens (including phenoxy) is 3. The molecule has 3 aromatic carbocycles. The molecule has 1 aliphatic heterocycles. The van der Waals surface area contributed by atoms with Crippen LogP contribution in [0.1, 0.15) is 91.6 Å². The maximum Gasteiger partial charge on any atom is 0.126 e. The van der Waals surface area contributed by atoms with Crippen molar-refractivity contribution in [3.63, 3.8) is 0 Å². The Morgan fingerprint density at radius 1 is 0.462 bits per heavy atom. The van der Waals surface area contributed by atoms with E-state index in [0.717, 1.165) is 16.7 Å². The first kappa shape index (κ1) is 28.9. The van der Waals surface area contributed by atoms with E-state index in [9.17, 15) is 15.3 Å². The Kier molecular flexibility index (Phi) is 8.31. The molecule has 3 N–H and O–H groups in total. The van der Waals surface area contributed by atoms with Crippen LogP contribution in [0.25, 0.3) is 0 Å². The van der Waals surface area contributed by atoms with Gasteiger partial charge in [-0.25, -0.2) is 0 Å². The molecule has 0 amide bonds. The van der Waals surface area contributed by atoms with E-state index in [2.05, 4.69) is 41.5 Å². The molecule has 0 saturated carbocycles. The van der Waals surface area contributed by atoms with E-state index in [0.29, 0.717) is 33.4 Å². The highest BCUT2D eigenvalue weighted by atomic mass is 16.5. The Balaban J connectivity index is 1.79. The van der Waals surface area contributed by atoms with E-state index < -0.39 is 0 Å². The van der Waals surface area contributed by atoms with Crippen LogP contribution < -0.4 is 0 Å². The number of aryl methyl sites for hydroxylation is 1. The monoisotopic (exact) mass is 534 g/mol. The third-order valence-electron chi connectivity index (χ3n) is 7.23. The Hall–Kier alpha value is -3.06. The second kappa shape index (κ2) is 11.2. The van der Waals surface area contributed by atoms with Crippen molar-refractivity contribution in [2.24, 2.45) is 0 Å². The smallest absolute Gasteiger partial charge is 0.126 e. The van der Waals surface area contributed by atoms with Crippen molar-refractivity contribution in [3.8, 4) is 17.2 Å². The van der Waals surface area contributed by atoms with Crippen LogP contribution in [0, 0.1) is 6.92 Å². The molecular weight excluding hydrogens is 492 g/mol. The summed E-state index contributed by atoms with van der Waals surface area (Å²) in [5, 5.41) is 33.3. The number of phenolic OH excluding ortho intramolecular Hbond substituents is 3. The molecule has 6 nitrogen and oxygen atoms in total. The standard InChI is InChI=1S/C33H42O6/c1-20-8-21-14-37-16-23-10-27(32(2,3)4)12-25(30(23)35)18-39-19-26-13-28(33(5,6)7)11-24(31(26)36)17-38-15-22(9-20)29(21)34/h8-13,34-36H,14-19H2,1-7H3. The molecule has 6 heteroatoms. The second-order valence-corrected chi connectivity index (χ2v) is 12.7. The SMILES string of the molecule is Cc1cc2c(O)c(c1)COCc1cc(C(C)(C)C)cc(c1O)COCc1cc(C(C)(C)C)cc(c1O)COC2. The summed E-state index contributed by atoms with van der Waals surface area (Å²) in [4.78, 5) is 0. The first-order valence-electron chi connectivity index (χ1n) is 13.5. The number of aromatic hydroxyl groups is 3. The summed E-state index contributed by atoms with van der Waals surface area (Å²) in [7, 11) is 0. The Morgan fingerprint density at radius 3 is 0.923 bits per heavy atom. The average molecular weight is 535 g/mol. The number of rotatable bonds is 0. The normalized spacial score (nSPS) is 15.5. The number of benzene rings is 3. The largest absolute Gasteiger partial charge is 0.507 e.